The highest BCUT2D eigenvalue weighted by molar-refractivity contribution is 7.16. The maximum absolute atomic E-state index is 12.6. The lowest BCUT2D eigenvalue weighted by Gasteiger charge is -2.09. The number of nitriles is 1. The molecule has 0 fully saturated rings. The SMILES string of the molecule is C/C(O)=C(\N=Nc1ccccc1)C(=O)Nc1sc2c(c1C#N)CCCC2. The topological polar surface area (TPSA) is 97.8 Å². The van der Waals surface area contributed by atoms with Gasteiger partial charge in [0.2, 0.25) is 0 Å². The fraction of sp³-hybridized carbons (Fsp3) is 0.263. The molecule has 2 aromatic rings. The molecular formula is C19H18N4O2S. The molecule has 0 atom stereocenters. The Morgan fingerprint density at radius 1 is 1.27 bits per heavy atom. The third-order valence-electron chi connectivity index (χ3n) is 4.09. The van der Waals surface area contributed by atoms with Crippen molar-refractivity contribution in [1.82, 2.24) is 0 Å². The molecule has 132 valence electrons. The van der Waals surface area contributed by atoms with Crippen LogP contribution >= 0.6 is 11.3 Å². The van der Waals surface area contributed by atoms with Gasteiger partial charge in [0.1, 0.15) is 16.8 Å². The van der Waals surface area contributed by atoms with Crippen molar-refractivity contribution >= 4 is 27.9 Å². The molecule has 3 rings (SSSR count). The first kappa shape index (κ1) is 17.8. The number of benzene rings is 1. The third-order valence-corrected chi connectivity index (χ3v) is 5.30. The van der Waals surface area contributed by atoms with Gasteiger partial charge >= 0.3 is 0 Å². The van der Waals surface area contributed by atoms with Crippen LogP contribution in [0.3, 0.4) is 0 Å². The van der Waals surface area contributed by atoms with Gasteiger partial charge in [0.15, 0.2) is 5.70 Å². The molecule has 1 aromatic heterocycles. The number of fused-ring (bicyclic) bond motifs is 1. The number of anilines is 1. The van der Waals surface area contributed by atoms with E-state index in [4.69, 9.17) is 0 Å². The normalized spacial score (nSPS) is 14.5. The fourth-order valence-corrected chi connectivity index (χ4v) is 4.05. The van der Waals surface area contributed by atoms with Crippen LogP contribution in [0.1, 0.15) is 35.8 Å². The number of hydrogen-bond donors (Lipinski definition) is 2. The quantitative estimate of drug-likeness (QED) is 0.452. The van der Waals surface area contributed by atoms with E-state index in [0.717, 1.165) is 36.1 Å². The van der Waals surface area contributed by atoms with Crippen LogP contribution in [-0.4, -0.2) is 11.0 Å². The van der Waals surface area contributed by atoms with Gasteiger partial charge in [-0.1, -0.05) is 18.2 Å². The van der Waals surface area contributed by atoms with Gasteiger partial charge in [-0.05, 0) is 50.3 Å². The Bertz CT molecular complexity index is 919. The van der Waals surface area contributed by atoms with E-state index in [1.165, 1.54) is 18.3 Å². The first-order valence-electron chi connectivity index (χ1n) is 8.32. The molecule has 1 aliphatic carbocycles. The Kier molecular flexibility index (Phi) is 5.44. The molecule has 1 amide bonds. The average molecular weight is 366 g/mol. The molecule has 6 nitrogen and oxygen atoms in total. The molecule has 1 aliphatic rings. The molecule has 1 aromatic carbocycles. The van der Waals surface area contributed by atoms with Crippen LogP contribution in [0.25, 0.3) is 0 Å². The molecule has 0 aliphatic heterocycles. The number of hydrogen-bond acceptors (Lipinski definition) is 6. The van der Waals surface area contributed by atoms with Gasteiger partial charge in [-0.15, -0.1) is 16.5 Å². The van der Waals surface area contributed by atoms with Crippen molar-refractivity contribution in [2.45, 2.75) is 32.6 Å². The Balaban J connectivity index is 1.84. The Labute approximate surface area is 155 Å². The third kappa shape index (κ3) is 3.81. The van der Waals surface area contributed by atoms with Crippen LogP contribution in [0.4, 0.5) is 10.7 Å². The maximum Gasteiger partial charge on any atom is 0.280 e. The van der Waals surface area contributed by atoms with E-state index in [1.54, 1.807) is 24.3 Å². The summed E-state index contributed by atoms with van der Waals surface area (Å²) in [7, 11) is 0. The number of carbonyl (C=O) groups excluding carboxylic acids is 1. The average Bonchev–Trinajstić information content (AvgIpc) is 2.99. The molecular weight excluding hydrogens is 348 g/mol. The van der Waals surface area contributed by atoms with Crippen molar-refractivity contribution in [1.29, 1.82) is 5.26 Å². The van der Waals surface area contributed by atoms with E-state index in [2.05, 4.69) is 21.6 Å². The summed E-state index contributed by atoms with van der Waals surface area (Å²) in [6.45, 7) is 1.38. The van der Waals surface area contributed by atoms with E-state index >= 15 is 0 Å². The number of allylic oxidation sites excluding steroid dienone is 1. The smallest absolute Gasteiger partial charge is 0.280 e. The van der Waals surface area contributed by atoms with E-state index in [1.807, 2.05) is 6.07 Å². The van der Waals surface area contributed by atoms with Crippen LogP contribution in [-0.2, 0) is 17.6 Å². The van der Waals surface area contributed by atoms with Crippen LogP contribution in [0.15, 0.2) is 52.0 Å². The molecule has 26 heavy (non-hydrogen) atoms. The molecule has 0 spiro atoms. The van der Waals surface area contributed by atoms with Crippen LogP contribution in [0.2, 0.25) is 0 Å². The van der Waals surface area contributed by atoms with Gasteiger partial charge in [-0.2, -0.15) is 10.4 Å². The predicted molar refractivity (Wildman–Crippen MR) is 101 cm³/mol. The van der Waals surface area contributed by atoms with Gasteiger partial charge in [0.05, 0.1) is 11.3 Å². The van der Waals surface area contributed by atoms with Gasteiger partial charge in [-0.3, -0.25) is 4.79 Å². The summed E-state index contributed by atoms with van der Waals surface area (Å²) in [4.78, 5) is 13.7. The Hall–Kier alpha value is -2.98. The van der Waals surface area contributed by atoms with Crippen LogP contribution < -0.4 is 5.32 Å². The second kappa shape index (κ2) is 7.93. The van der Waals surface area contributed by atoms with Crippen molar-refractivity contribution in [2.75, 3.05) is 5.32 Å². The van der Waals surface area contributed by atoms with E-state index < -0.39 is 5.91 Å². The summed E-state index contributed by atoms with van der Waals surface area (Å²) in [5, 5.41) is 30.4. The summed E-state index contributed by atoms with van der Waals surface area (Å²) in [6.07, 6.45) is 3.94. The zero-order chi connectivity index (χ0) is 18.5. The number of aliphatic hydroxyl groups is 1. The number of amides is 1. The lowest BCUT2D eigenvalue weighted by molar-refractivity contribution is -0.113. The molecule has 0 unspecified atom stereocenters. The highest BCUT2D eigenvalue weighted by Crippen LogP contribution is 2.37. The highest BCUT2D eigenvalue weighted by atomic mass is 32.1. The summed E-state index contributed by atoms with van der Waals surface area (Å²) < 4.78 is 0. The van der Waals surface area contributed by atoms with E-state index in [9.17, 15) is 15.2 Å². The number of thiophene rings is 1. The van der Waals surface area contributed by atoms with Crippen molar-refractivity contribution in [2.24, 2.45) is 10.2 Å². The van der Waals surface area contributed by atoms with Gasteiger partial charge in [-0.25, -0.2) is 0 Å². The number of rotatable bonds is 4. The lowest BCUT2D eigenvalue weighted by Crippen LogP contribution is -2.14. The number of aryl methyl sites for hydroxylation is 1. The lowest BCUT2D eigenvalue weighted by atomic mass is 9.96. The van der Waals surface area contributed by atoms with Crippen molar-refractivity contribution in [3.8, 4) is 6.07 Å². The minimum absolute atomic E-state index is 0.177. The van der Waals surface area contributed by atoms with Crippen molar-refractivity contribution in [3.63, 3.8) is 0 Å². The number of carbonyl (C=O) groups is 1. The number of aliphatic hydroxyl groups excluding tert-OH is 1. The maximum atomic E-state index is 12.6. The van der Waals surface area contributed by atoms with Crippen molar-refractivity contribution in [3.05, 3.63) is 57.8 Å². The summed E-state index contributed by atoms with van der Waals surface area (Å²) in [5.74, 6) is -0.818. The molecule has 0 saturated carbocycles. The first-order valence-corrected chi connectivity index (χ1v) is 9.14. The highest BCUT2D eigenvalue weighted by Gasteiger charge is 2.23. The minimum atomic E-state index is -0.584. The minimum Gasteiger partial charge on any atom is -0.510 e. The number of nitrogens with zero attached hydrogens (tertiary/aromatic N) is 3. The molecule has 0 radical (unpaired) electrons. The summed E-state index contributed by atoms with van der Waals surface area (Å²) in [6, 6.07) is 11.1. The number of nitrogens with one attached hydrogen (secondary N) is 1. The van der Waals surface area contributed by atoms with Gasteiger partial charge in [0, 0.05) is 4.88 Å². The van der Waals surface area contributed by atoms with Gasteiger partial charge < -0.3 is 10.4 Å². The number of azo groups is 1. The monoisotopic (exact) mass is 366 g/mol. The Morgan fingerprint density at radius 3 is 2.69 bits per heavy atom. The molecule has 0 bridgehead atoms. The Morgan fingerprint density at radius 2 is 2.00 bits per heavy atom. The van der Waals surface area contributed by atoms with E-state index in [0.29, 0.717) is 16.3 Å². The standard InChI is InChI=1S/C19H18N4O2S/c1-12(24)17(23-22-13-7-3-2-4-8-13)18(25)21-19-15(11-20)14-9-5-6-10-16(14)26-19/h2-4,7-8,24H,5-6,9-10H2,1H3,(H,21,25)/b17-12+,23-22?. The summed E-state index contributed by atoms with van der Waals surface area (Å²) in [5.41, 5.74) is 1.96. The van der Waals surface area contributed by atoms with Crippen molar-refractivity contribution < 1.29 is 9.90 Å². The largest absolute Gasteiger partial charge is 0.510 e. The molecule has 1 heterocycles. The van der Waals surface area contributed by atoms with E-state index in [-0.39, 0.29) is 11.5 Å². The van der Waals surface area contributed by atoms with Crippen LogP contribution in [0, 0.1) is 11.3 Å². The second-order valence-corrected chi connectivity index (χ2v) is 7.06. The fourth-order valence-electron chi connectivity index (χ4n) is 2.82. The van der Waals surface area contributed by atoms with Crippen LogP contribution in [0.5, 0.6) is 0 Å². The second-order valence-electron chi connectivity index (χ2n) is 5.95. The molecule has 2 N–H and O–H groups in total. The predicted octanol–water partition coefficient (Wildman–Crippen LogP) is 5.01. The zero-order valence-electron chi connectivity index (χ0n) is 14.3. The molecule has 7 heteroatoms. The molecule has 0 saturated heterocycles. The first-order chi connectivity index (χ1) is 12.6. The van der Waals surface area contributed by atoms with Gasteiger partial charge in [0.25, 0.3) is 5.91 Å². The summed E-state index contributed by atoms with van der Waals surface area (Å²) >= 11 is 1.43. The zero-order valence-corrected chi connectivity index (χ0v) is 15.1.